The van der Waals surface area contributed by atoms with Crippen LogP contribution in [0.25, 0.3) is 0 Å². The summed E-state index contributed by atoms with van der Waals surface area (Å²) in [6.45, 7) is 11.9. The Morgan fingerprint density at radius 1 is 0.882 bits per heavy atom. The Bertz CT molecular complexity index is 444. The van der Waals surface area contributed by atoms with E-state index in [-0.39, 0.29) is 10.8 Å². The van der Waals surface area contributed by atoms with Gasteiger partial charge in [-0.15, -0.1) is 0 Å². The molecular weight excluding hydrogens is 216 g/mol. The lowest BCUT2D eigenvalue weighted by atomic mass is 9.44. The number of carbonyl (C=O) groups is 2. The van der Waals surface area contributed by atoms with E-state index in [0.717, 1.165) is 0 Å². The summed E-state index contributed by atoms with van der Waals surface area (Å²) in [6.07, 6.45) is 3.89. The van der Waals surface area contributed by atoms with Gasteiger partial charge < -0.3 is 4.74 Å². The van der Waals surface area contributed by atoms with Crippen LogP contribution in [0, 0.1) is 21.7 Å². The SMILES string of the molecule is CC1(C)C=CC2(C)C(=O)OC(=O)C2(C)C1(C)C. The molecule has 2 unspecified atom stereocenters. The zero-order valence-corrected chi connectivity index (χ0v) is 11.4. The van der Waals surface area contributed by atoms with Crippen molar-refractivity contribution in [2.45, 2.75) is 41.5 Å². The van der Waals surface area contributed by atoms with Crippen molar-refractivity contribution in [3.63, 3.8) is 0 Å². The van der Waals surface area contributed by atoms with E-state index < -0.39 is 22.8 Å². The number of hydrogen-bond donors (Lipinski definition) is 0. The minimum absolute atomic E-state index is 0.162. The molecule has 3 heteroatoms. The Kier molecular flexibility index (Phi) is 2.05. The molecule has 0 amide bonds. The normalized spacial score (nSPS) is 42.2. The molecule has 0 spiro atoms. The topological polar surface area (TPSA) is 43.4 Å². The van der Waals surface area contributed by atoms with Crippen molar-refractivity contribution < 1.29 is 14.3 Å². The van der Waals surface area contributed by atoms with Crippen LogP contribution in [0.3, 0.4) is 0 Å². The Balaban J connectivity index is 2.77. The zero-order chi connectivity index (χ0) is 13.3. The molecular formula is C14H20O3. The lowest BCUT2D eigenvalue weighted by molar-refractivity contribution is -0.160. The highest BCUT2D eigenvalue weighted by Gasteiger charge is 2.72. The van der Waals surface area contributed by atoms with Crippen LogP contribution in [-0.4, -0.2) is 11.9 Å². The summed E-state index contributed by atoms with van der Waals surface area (Å²) in [5.74, 6) is -0.822. The van der Waals surface area contributed by atoms with Gasteiger partial charge in [-0.25, -0.2) is 0 Å². The first-order valence-electron chi connectivity index (χ1n) is 5.98. The first kappa shape index (κ1) is 12.3. The number of hydrogen-bond acceptors (Lipinski definition) is 3. The van der Waals surface area contributed by atoms with Crippen LogP contribution in [0.15, 0.2) is 12.2 Å². The third-order valence-electron chi connectivity index (χ3n) is 5.75. The highest BCUT2D eigenvalue weighted by molar-refractivity contribution is 6.03. The summed E-state index contributed by atoms with van der Waals surface area (Å²) in [4.78, 5) is 24.1. The van der Waals surface area contributed by atoms with Gasteiger partial charge in [0, 0.05) is 0 Å². The van der Waals surface area contributed by atoms with E-state index >= 15 is 0 Å². The molecule has 1 aliphatic carbocycles. The van der Waals surface area contributed by atoms with Crippen molar-refractivity contribution in [1.29, 1.82) is 0 Å². The minimum Gasteiger partial charge on any atom is -0.392 e. The smallest absolute Gasteiger partial charge is 0.324 e. The Labute approximate surface area is 102 Å². The molecule has 0 aromatic carbocycles. The van der Waals surface area contributed by atoms with Gasteiger partial charge in [-0.3, -0.25) is 9.59 Å². The number of carbonyl (C=O) groups excluding carboxylic acids is 2. The highest BCUT2D eigenvalue weighted by Crippen LogP contribution is 2.66. The van der Waals surface area contributed by atoms with E-state index in [9.17, 15) is 9.59 Å². The zero-order valence-electron chi connectivity index (χ0n) is 11.4. The van der Waals surface area contributed by atoms with E-state index in [1.54, 1.807) is 6.92 Å². The fourth-order valence-electron chi connectivity index (χ4n) is 3.08. The summed E-state index contributed by atoms with van der Waals surface area (Å²) in [5.41, 5.74) is -2.17. The number of ether oxygens (including phenoxy) is 1. The van der Waals surface area contributed by atoms with Crippen LogP contribution >= 0.6 is 0 Å². The van der Waals surface area contributed by atoms with Crippen LogP contribution in [0.5, 0.6) is 0 Å². The predicted molar refractivity (Wildman–Crippen MR) is 64.0 cm³/mol. The molecule has 2 atom stereocenters. The Hall–Kier alpha value is -1.12. The maximum absolute atomic E-state index is 12.2. The highest BCUT2D eigenvalue weighted by atomic mass is 16.6. The van der Waals surface area contributed by atoms with Gasteiger partial charge in [0.25, 0.3) is 0 Å². The largest absolute Gasteiger partial charge is 0.392 e. The van der Waals surface area contributed by atoms with Gasteiger partial charge in [0.1, 0.15) is 5.41 Å². The Morgan fingerprint density at radius 3 is 1.94 bits per heavy atom. The fourth-order valence-corrected chi connectivity index (χ4v) is 3.08. The predicted octanol–water partition coefficient (Wildman–Crippen LogP) is 2.70. The number of rotatable bonds is 0. The van der Waals surface area contributed by atoms with Crippen molar-refractivity contribution in [2.24, 2.45) is 21.7 Å². The van der Waals surface area contributed by atoms with Crippen molar-refractivity contribution >= 4 is 11.9 Å². The molecule has 1 heterocycles. The molecule has 0 N–H and O–H groups in total. The maximum atomic E-state index is 12.2. The average molecular weight is 236 g/mol. The van der Waals surface area contributed by atoms with Crippen LogP contribution in [0.4, 0.5) is 0 Å². The second-order valence-electron chi connectivity index (χ2n) is 6.68. The molecule has 3 nitrogen and oxygen atoms in total. The number of cyclic esters (lactones) is 2. The summed E-state index contributed by atoms with van der Waals surface area (Å²) in [6, 6.07) is 0. The van der Waals surface area contributed by atoms with Crippen LogP contribution in [-0.2, 0) is 14.3 Å². The van der Waals surface area contributed by atoms with Gasteiger partial charge in [0.05, 0.1) is 5.41 Å². The molecule has 0 bridgehead atoms. The molecule has 0 aromatic rings. The van der Waals surface area contributed by atoms with Crippen LogP contribution < -0.4 is 0 Å². The first-order valence-corrected chi connectivity index (χ1v) is 5.98. The van der Waals surface area contributed by atoms with Gasteiger partial charge in [-0.05, 0) is 24.7 Å². The monoisotopic (exact) mass is 236 g/mol. The summed E-state index contributed by atoms with van der Waals surface area (Å²) >= 11 is 0. The van der Waals surface area contributed by atoms with E-state index in [1.165, 1.54) is 0 Å². The molecule has 1 saturated heterocycles. The molecule has 17 heavy (non-hydrogen) atoms. The van der Waals surface area contributed by atoms with E-state index in [4.69, 9.17) is 4.74 Å². The molecule has 0 radical (unpaired) electrons. The number of allylic oxidation sites excluding steroid dienone is 1. The van der Waals surface area contributed by atoms with Gasteiger partial charge in [-0.2, -0.15) is 0 Å². The summed E-state index contributed by atoms with van der Waals surface area (Å²) < 4.78 is 4.91. The second-order valence-corrected chi connectivity index (χ2v) is 6.68. The third kappa shape index (κ3) is 1.03. The van der Waals surface area contributed by atoms with E-state index in [1.807, 2.05) is 32.9 Å². The molecule has 0 aromatic heterocycles. The molecule has 2 aliphatic rings. The summed E-state index contributed by atoms with van der Waals surface area (Å²) in [5, 5.41) is 0. The van der Waals surface area contributed by atoms with Crippen LogP contribution in [0.1, 0.15) is 41.5 Å². The maximum Gasteiger partial charge on any atom is 0.324 e. The molecule has 2 rings (SSSR count). The van der Waals surface area contributed by atoms with Crippen LogP contribution in [0.2, 0.25) is 0 Å². The number of esters is 2. The van der Waals surface area contributed by atoms with E-state index in [0.29, 0.717) is 0 Å². The molecule has 0 saturated carbocycles. The number of fused-ring (bicyclic) bond motifs is 1. The van der Waals surface area contributed by atoms with Gasteiger partial charge >= 0.3 is 11.9 Å². The first-order chi connectivity index (χ1) is 7.51. The average Bonchev–Trinajstić information content (AvgIpc) is 2.38. The van der Waals surface area contributed by atoms with Crippen molar-refractivity contribution in [1.82, 2.24) is 0 Å². The Morgan fingerprint density at radius 2 is 1.41 bits per heavy atom. The van der Waals surface area contributed by atoms with Crippen molar-refractivity contribution in [3.8, 4) is 0 Å². The van der Waals surface area contributed by atoms with Crippen molar-refractivity contribution in [2.75, 3.05) is 0 Å². The fraction of sp³-hybridized carbons (Fsp3) is 0.714. The second kappa shape index (κ2) is 2.82. The van der Waals surface area contributed by atoms with Gasteiger partial charge in [-0.1, -0.05) is 39.8 Å². The van der Waals surface area contributed by atoms with Crippen molar-refractivity contribution in [3.05, 3.63) is 12.2 Å². The third-order valence-corrected chi connectivity index (χ3v) is 5.75. The molecule has 1 aliphatic heterocycles. The molecule has 1 fully saturated rings. The molecule has 94 valence electrons. The van der Waals surface area contributed by atoms with Gasteiger partial charge in [0.2, 0.25) is 0 Å². The lowest BCUT2D eigenvalue weighted by Crippen LogP contribution is -2.57. The minimum atomic E-state index is -0.844. The van der Waals surface area contributed by atoms with E-state index in [2.05, 4.69) is 13.8 Å². The lowest BCUT2D eigenvalue weighted by Gasteiger charge is -2.55. The summed E-state index contributed by atoms with van der Waals surface area (Å²) in [7, 11) is 0. The van der Waals surface area contributed by atoms with Gasteiger partial charge in [0.15, 0.2) is 0 Å². The quantitative estimate of drug-likeness (QED) is 0.369. The standard InChI is InChI=1S/C14H20O3/c1-11(2)7-8-13(5)9(15)17-10(16)14(13,6)12(11,3)4/h7-8H,1-6H3.